The van der Waals surface area contributed by atoms with Gasteiger partial charge in [0.25, 0.3) is 5.91 Å². The van der Waals surface area contributed by atoms with Crippen LogP contribution in [0.1, 0.15) is 49.5 Å². The molecule has 0 saturated carbocycles. The Hall–Kier alpha value is -3.07. The zero-order chi connectivity index (χ0) is 24.7. The van der Waals surface area contributed by atoms with Crippen molar-refractivity contribution in [1.82, 2.24) is 20.9 Å². The summed E-state index contributed by atoms with van der Waals surface area (Å²) in [5, 5.41) is 9.00. The number of methoxy groups -OCH3 is 1. The third-order valence-electron chi connectivity index (χ3n) is 6.08. The molecule has 2 unspecified atom stereocenters. The molecule has 1 fully saturated rings. The van der Waals surface area contributed by atoms with Gasteiger partial charge in [-0.2, -0.15) is 0 Å². The molecule has 2 aromatic rings. The molecule has 3 amide bonds. The van der Waals surface area contributed by atoms with Gasteiger partial charge in [-0.15, -0.1) is 11.6 Å². The average molecular weight is 491 g/mol. The van der Waals surface area contributed by atoms with Crippen LogP contribution in [0.25, 0.3) is 10.9 Å². The molecular weight excluding hydrogens is 460 g/mol. The van der Waals surface area contributed by atoms with Gasteiger partial charge in [-0.3, -0.25) is 19.2 Å². The highest BCUT2D eigenvalue weighted by Crippen LogP contribution is 2.26. The number of alkyl halides is 1. The van der Waals surface area contributed by atoms with Gasteiger partial charge in [-0.25, -0.2) is 0 Å². The molecule has 3 rings (SSSR count). The van der Waals surface area contributed by atoms with Crippen molar-refractivity contribution in [2.75, 3.05) is 19.5 Å². The third kappa shape index (κ3) is 6.08. The summed E-state index contributed by atoms with van der Waals surface area (Å²) in [6, 6.07) is 5.39. The first-order valence-electron chi connectivity index (χ1n) is 11.5. The fourth-order valence-corrected chi connectivity index (χ4v) is 4.32. The number of H-pyrrole nitrogens is 1. The highest BCUT2D eigenvalue weighted by atomic mass is 35.5. The molecule has 9 nitrogen and oxygen atoms in total. The van der Waals surface area contributed by atoms with Crippen LogP contribution in [0.4, 0.5) is 0 Å². The predicted molar refractivity (Wildman–Crippen MR) is 129 cm³/mol. The molecule has 0 aliphatic carbocycles. The smallest absolute Gasteiger partial charge is 0.268 e. The Morgan fingerprint density at radius 2 is 2.03 bits per heavy atom. The zero-order valence-electron chi connectivity index (χ0n) is 19.4. The van der Waals surface area contributed by atoms with Crippen molar-refractivity contribution in [3.63, 3.8) is 0 Å². The van der Waals surface area contributed by atoms with E-state index in [2.05, 4.69) is 20.9 Å². The van der Waals surface area contributed by atoms with Crippen molar-refractivity contribution >= 4 is 46.0 Å². The maximum absolute atomic E-state index is 13.1. The van der Waals surface area contributed by atoms with Crippen molar-refractivity contribution in [1.29, 1.82) is 0 Å². The Labute approximate surface area is 203 Å². The molecule has 1 aromatic carbocycles. The second kappa shape index (κ2) is 11.9. The first kappa shape index (κ1) is 25.6. The number of ether oxygens (including phenoxy) is 1. The summed E-state index contributed by atoms with van der Waals surface area (Å²) < 4.78 is 5.34. The normalized spacial score (nSPS) is 17.1. The first-order valence-corrected chi connectivity index (χ1v) is 12.0. The van der Waals surface area contributed by atoms with Gasteiger partial charge in [0, 0.05) is 23.4 Å². The number of carbonyl (C=O) groups excluding carboxylic acids is 4. The number of rotatable bonds is 12. The van der Waals surface area contributed by atoms with Crippen LogP contribution >= 0.6 is 11.6 Å². The predicted octanol–water partition coefficient (Wildman–Crippen LogP) is 2.28. The lowest BCUT2D eigenvalue weighted by Gasteiger charge is -2.23. The molecule has 34 heavy (non-hydrogen) atoms. The van der Waals surface area contributed by atoms with Gasteiger partial charge in [0.15, 0.2) is 5.78 Å². The van der Waals surface area contributed by atoms with Gasteiger partial charge in [0.2, 0.25) is 11.8 Å². The van der Waals surface area contributed by atoms with Crippen LogP contribution in [0.5, 0.6) is 5.75 Å². The number of hydrogen-bond acceptors (Lipinski definition) is 5. The highest BCUT2D eigenvalue weighted by Gasteiger charge is 2.32. The SMILES string of the molecule is CCCCC(NC(=O)c1cc2c(OC)cccc2[nH]1)C(=O)NC(C[C@@H]1CCNC1=O)C(=O)CCl. The van der Waals surface area contributed by atoms with E-state index >= 15 is 0 Å². The lowest BCUT2D eigenvalue weighted by molar-refractivity contribution is -0.129. The van der Waals surface area contributed by atoms with Crippen LogP contribution in [-0.2, 0) is 14.4 Å². The minimum atomic E-state index is -0.891. The van der Waals surface area contributed by atoms with Gasteiger partial charge in [0.05, 0.1) is 19.0 Å². The summed E-state index contributed by atoms with van der Waals surface area (Å²) in [4.78, 5) is 53.5. The Morgan fingerprint density at radius 1 is 1.24 bits per heavy atom. The topological polar surface area (TPSA) is 129 Å². The van der Waals surface area contributed by atoms with Gasteiger partial charge in [-0.1, -0.05) is 25.8 Å². The maximum atomic E-state index is 13.1. The van der Waals surface area contributed by atoms with Crippen LogP contribution < -0.4 is 20.7 Å². The molecule has 1 saturated heterocycles. The number of amides is 3. The van der Waals surface area contributed by atoms with E-state index in [4.69, 9.17) is 16.3 Å². The number of aromatic nitrogens is 1. The molecule has 0 spiro atoms. The van der Waals surface area contributed by atoms with E-state index in [1.807, 2.05) is 19.1 Å². The number of halogens is 1. The number of ketones is 1. The lowest BCUT2D eigenvalue weighted by Crippen LogP contribution is -2.52. The van der Waals surface area contributed by atoms with E-state index in [1.165, 1.54) is 0 Å². The molecule has 2 heterocycles. The summed E-state index contributed by atoms with van der Waals surface area (Å²) in [6.45, 7) is 2.53. The fraction of sp³-hybridized carbons (Fsp3) is 0.500. The molecule has 1 aliphatic rings. The summed E-state index contributed by atoms with van der Waals surface area (Å²) in [5.74, 6) is -1.41. The van der Waals surface area contributed by atoms with Gasteiger partial charge in [0.1, 0.15) is 17.5 Å². The molecule has 1 aliphatic heterocycles. The average Bonchev–Trinajstić information content (AvgIpc) is 3.46. The molecule has 1 aromatic heterocycles. The minimum absolute atomic E-state index is 0.133. The van der Waals surface area contributed by atoms with Crippen molar-refractivity contribution in [2.45, 2.75) is 51.1 Å². The van der Waals surface area contributed by atoms with Crippen molar-refractivity contribution in [3.05, 3.63) is 30.0 Å². The molecule has 4 N–H and O–H groups in total. The largest absolute Gasteiger partial charge is 0.496 e. The van der Waals surface area contributed by atoms with Crippen molar-refractivity contribution in [3.8, 4) is 5.75 Å². The second-order valence-corrected chi connectivity index (χ2v) is 8.71. The minimum Gasteiger partial charge on any atom is -0.496 e. The van der Waals surface area contributed by atoms with Crippen LogP contribution in [0.3, 0.4) is 0 Å². The summed E-state index contributed by atoms with van der Waals surface area (Å²) in [5.41, 5.74) is 1.03. The molecule has 10 heteroatoms. The van der Waals surface area contributed by atoms with Crippen molar-refractivity contribution in [2.24, 2.45) is 5.92 Å². The number of Topliss-reactive ketones (excluding diaryl/α,β-unsaturated/α-hetero) is 1. The van der Waals surface area contributed by atoms with E-state index in [1.54, 1.807) is 19.2 Å². The van der Waals surface area contributed by atoms with Gasteiger partial charge >= 0.3 is 0 Å². The lowest BCUT2D eigenvalue weighted by atomic mass is 9.95. The Bertz CT molecular complexity index is 1050. The summed E-state index contributed by atoms with van der Waals surface area (Å²) in [6.07, 6.45) is 2.72. The number of unbranched alkanes of at least 4 members (excludes halogenated alkanes) is 1. The van der Waals surface area contributed by atoms with E-state index in [9.17, 15) is 19.2 Å². The Morgan fingerprint density at radius 3 is 2.68 bits per heavy atom. The molecule has 3 atom stereocenters. The van der Waals surface area contributed by atoms with Gasteiger partial charge < -0.3 is 25.7 Å². The first-order chi connectivity index (χ1) is 16.4. The zero-order valence-corrected chi connectivity index (χ0v) is 20.2. The summed E-state index contributed by atoms with van der Waals surface area (Å²) in [7, 11) is 1.56. The fourth-order valence-electron chi connectivity index (χ4n) is 4.13. The number of benzene rings is 1. The number of carbonyl (C=O) groups is 4. The van der Waals surface area contributed by atoms with E-state index in [-0.39, 0.29) is 29.9 Å². The number of aromatic amines is 1. The Balaban J connectivity index is 1.74. The monoisotopic (exact) mass is 490 g/mol. The molecule has 184 valence electrons. The van der Waals surface area contributed by atoms with E-state index in [0.717, 1.165) is 17.3 Å². The number of fused-ring (bicyclic) bond motifs is 1. The molecular formula is C24H31ClN4O5. The van der Waals surface area contributed by atoms with Crippen molar-refractivity contribution < 1.29 is 23.9 Å². The second-order valence-electron chi connectivity index (χ2n) is 8.45. The van der Waals surface area contributed by atoms with Crippen LogP contribution in [0.2, 0.25) is 0 Å². The number of hydrogen-bond donors (Lipinski definition) is 4. The van der Waals surface area contributed by atoms with Crippen LogP contribution in [-0.4, -0.2) is 60.1 Å². The highest BCUT2D eigenvalue weighted by molar-refractivity contribution is 6.28. The maximum Gasteiger partial charge on any atom is 0.268 e. The molecule has 0 bridgehead atoms. The molecule has 0 radical (unpaired) electrons. The van der Waals surface area contributed by atoms with Gasteiger partial charge in [-0.05, 0) is 37.5 Å². The summed E-state index contributed by atoms with van der Waals surface area (Å²) >= 11 is 5.76. The third-order valence-corrected chi connectivity index (χ3v) is 6.34. The standard InChI is InChI=1S/C24H31ClN4O5/c1-3-4-6-17(23(32)29-18(20(30)13-25)11-14-9-10-26-22(14)31)28-24(33)19-12-15-16(27-19)7-5-8-21(15)34-2/h5,7-8,12,14,17-18,27H,3-4,6,9-11,13H2,1-2H3,(H,26,31)(H,28,33)(H,29,32)/t14-,17?,18?/m0/s1. The van der Waals surface area contributed by atoms with E-state index in [0.29, 0.717) is 37.3 Å². The van der Waals surface area contributed by atoms with Crippen LogP contribution in [0, 0.1) is 5.92 Å². The number of nitrogens with one attached hydrogen (secondary N) is 4. The Kier molecular flexibility index (Phi) is 8.92. The van der Waals surface area contributed by atoms with E-state index < -0.39 is 23.9 Å². The van der Waals surface area contributed by atoms with Crippen LogP contribution in [0.15, 0.2) is 24.3 Å². The quantitative estimate of drug-likeness (QED) is 0.339.